The third kappa shape index (κ3) is 7.53. The molecule has 0 radical (unpaired) electrons. The van der Waals surface area contributed by atoms with Gasteiger partial charge in [-0.2, -0.15) is 0 Å². The van der Waals surface area contributed by atoms with Crippen LogP contribution in [-0.2, 0) is 11.2 Å². The predicted octanol–water partition coefficient (Wildman–Crippen LogP) is 3.62. The molecule has 2 aromatic rings. The van der Waals surface area contributed by atoms with E-state index in [4.69, 9.17) is 21.8 Å². The first kappa shape index (κ1) is 22.7. The standard InChI is InChI=1S/C16H20ClN3O2.2ClH/c1-16(2,18)10-20-14(21)7-8-15-19-9-13(22-15)11-3-5-12(17)6-4-11;;/h3-6,9H,7-8,10,18H2,1-2H3,(H,20,21);2*1H. The Morgan fingerprint density at radius 2 is 1.92 bits per heavy atom. The molecular formula is C16H22Cl3N3O2. The second-order valence-corrected chi connectivity index (χ2v) is 6.33. The smallest absolute Gasteiger partial charge is 0.220 e. The first-order chi connectivity index (χ1) is 10.3. The second kappa shape index (κ2) is 9.89. The average molecular weight is 395 g/mol. The van der Waals surface area contributed by atoms with Crippen molar-refractivity contribution in [2.75, 3.05) is 6.54 Å². The Balaban J connectivity index is 0.00000264. The lowest BCUT2D eigenvalue weighted by molar-refractivity contribution is -0.121. The first-order valence-electron chi connectivity index (χ1n) is 7.10. The zero-order valence-corrected chi connectivity index (χ0v) is 15.9. The highest BCUT2D eigenvalue weighted by atomic mass is 35.5. The molecule has 0 aliphatic rings. The Bertz CT molecular complexity index is 637. The molecule has 1 aromatic carbocycles. The van der Waals surface area contributed by atoms with Gasteiger partial charge in [0.1, 0.15) is 0 Å². The van der Waals surface area contributed by atoms with Gasteiger partial charge in [0.25, 0.3) is 0 Å². The highest BCUT2D eigenvalue weighted by molar-refractivity contribution is 6.30. The maximum Gasteiger partial charge on any atom is 0.220 e. The van der Waals surface area contributed by atoms with Gasteiger partial charge < -0.3 is 15.5 Å². The molecule has 0 atom stereocenters. The fourth-order valence-corrected chi connectivity index (χ4v) is 1.93. The van der Waals surface area contributed by atoms with Crippen molar-refractivity contribution in [2.45, 2.75) is 32.2 Å². The van der Waals surface area contributed by atoms with Crippen molar-refractivity contribution in [1.82, 2.24) is 10.3 Å². The van der Waals surface area contributed by atoms with Crippen LogP contribution >= 0.6 is 36.4 Å². The largest absolute Gasteiger partial charge is 0.441 e. The summed E-state index contributed by atoms with van der Waals surface area (Å²) in [6, 6.07) is 7.31. The van der Waals surface area contributed by atoms with E-state index in [0.29, 0.717) is 36.1 Å². The number of aromatic nitrogens is 1. The molecule has 1 aromatic heterocycles. The van der Waals surface area contributed by atoms with E-state index in [2.05, 4.69) is 10.3 Å². The van der Waals surface area contributed by atoms with Gasteiger partial charge in [-0.1, -0.05) is 11.6 Å². The number of rotatable bonds is 6. The summed E-state index contributed by atoms with van der Waals surface area (Å²) in [6.45, 7) is 4.16. The normalized spacial score (nSPS) is 10.5. The maximum atomic E-state index is 11.7. The Labute approximate surface area is 159 Å². The van der Waals surface area contributed by atoms with Crippen LogP contribution in [-0.4, -0.2) is 23.0 Å². The molecule has 0 saturated carbocycles. The fraction of sp³-hybridized carbons (Fsp3) is 0.375. The summed E-state index contributed by atoms with van der Waals surface area (Å²) in [5, 5.41) is 3.46. The monoisotopic (exact) mass is 393 g/mol. The zero-order valence-electron chi connectivity index (χ0n) is 13.5. The van der Waals surface area contributed by atoms with Crippen molar-refractivity contribution in [3.63, 3.8) is 0 Å². The van der Waals surface area contributed by atoms with E-state index in [1.54, 1.807) is 18.3 Å². The molecule has 5 nitrogen and oxygen atoms in total. The molecule has 24 heavy (non-hydrogen) atoms. The van der Waals surface area contributed by atoms with E-state index in [0.717, 1.165) is 5.56 Å². The zero-order chi connectivity index (χ0) is 16.2. The minimum absolute atomic E-state index is 0. The minimum atomic E-state index is -0.416. The van der Waals surface area contributed by atoms with E-state index in [1.807, 2.05) is 26.0 Å². The molecule has 0 spiro atoms. The third-order valence-corrected chi connectivity index (χ3v) is 3.24. The number of nitrogens with one attached hydrogen (secondary N) is 1. The van der Waals surface area contributed by atoms with E-state index < -0.39 is 5.54 Å². The van der Waals surface area contributed by atoms with Crippen LogP contribution in [0, 0.1) is 0 Å². The van der Waals surface area contributed by atoms with Crippen LogP contribution in [0.4, 0.5) is 0 Å². The molecule has 0 aliphatic heterocycles. The summed E-state index contributed by atoms with van der Waals surface area (Å²) < 4.78 is 5.65. The summed E-state index contributed by atoms with van der Waals surface area (Å²) in [5.74, 6) is 1.13. The number of aryl methyl sites for hydroxylation is 1. The molecule has 0 saturated heterocycles. The van der Waals surface area contributed by atoms with Gasteiger partial charge in [0.05, 0.1) is 6.20 Å². The number of nitrogens with two attached hydrogens (primary N) is 1. The molecule has 1 heterocycles. The van der Waals surface area contributed by atoms with Gasteiger partial charge in [-0.05, 0) is 38.1 Å². The summed E-state index contributed by atoms with van der Waals surface area (Å²) >= 11 is 5.85. The van der Waals surface area contributed by atoms with Gasteiger partial charge in [0, 0.05) is 35.5 Å². The summed E-state index contributed by atoms with van der Waals surface area (Å²) in [7, 11) is 0. The third-order valence-electron chi connectivity index (χ3n) is 2.99. The van der Waals surface area contributed by atoms with Gasteiger partial charge in [-0.3, -0.25) is 4.79 Å². The van der Waals surface area contributed by atoms with Crippen LogP contribution in [0.2, 0.25) is 5.02 Å². The lowest BCUT2D eigenvalue weighted by Crippen LogP contribution is -2.45. The topological polar surface area (TPSA) is 81.1 Å². The molecule has 8 heteroatoms. The van der Waals surface area contributed by atoms with Crippen molar-refractivity contribution < 1.29 is 9.21 Å². The van der Waals surface area contributed by atoms with Crippen LogP contribution in [0.25, 0.3) is 11.3 Å². The van der Waals surface area contributed by atoms with E-state index >= 15 is 0 Å². The Hall–Kier alpha value is -1.27. The molecule has 0 unspecified atom stereocenters. The number of oxazole rings is 1. The van der Waals surface area contributed by atoms with Crippen molar-refractivity contribution in [1.29, 1.82) is 0 Å². The van der Waals surface area contributed by atoms with Crippen molar-refractivity contribution in [3.05, 3.63) is 41.4 Å². The lowest BCUT2D eigenvalue weighted by Gasteiger charge is -2.18. The number of carbonyl (C=O) groups excluding carboxylic acids is 1. The maximum absolute atomic E-state index is 11.7. The molecule has 2 rings (SSSR count). The fourth-order valence-electron chi connectivity index (χ4n) is 1.81. The van der Waals surface area contributed by atoms with Gasteiger partial charge >= 0.3 is 0 Å². The van der Waals surface area contributed by atoms with Crippen LogP contribution in [0.3, 0.4) is 0 Å². The minimum Gasteiger partial charge on any atom is -0.441 e. The van der Waals surface area contributed by atoms with E-state index in [1.165, 1.54) is 0 Å². The quantitative estimate of drug-likeness (QED) is 0.784. The first-order valence-corrected chi connectivity index (χ1v) is 7.47. The van der Waals surface area contributed by atoms with E-state index in [9.17, 15) is 4.79 Å². The Kier molecular flexibility index (Phi) is 9.37. The molecule has 3 N–H and O–H groups in total. The molecule has 134 valence electrons. The van der Waals surface area contributed by atoms with Gasteiger partial charge in [-0.25, -0.2) is 4.98 Å². The van der Waals surface area contributed by atoms with Gasteiger partial charge in [0.15, 0.2) is 11.7 Å². The lowest BCUT2D eigenvalue weighted by atomic mass is 10.1. The SMILES string of the molecule is CC(C)(N)CNC(=O)CCc1ncc(-c2ccc(Cl)cc2)o1.Cl.Cl. The van der Waals surface area contributed by atoms with Crippen LogP contribution in [0.15, 0.2) is 34.9 Å². The molecule has 1 amide bonds. The van der Waals surface area contributed by atoms with Crippen LogP contribution in [0.5, 0.6) is 0 Å². The molecule has 0 bridgehead atoms. The van der Waals surface area contributed by atoms with Crippen molar-refractivity contribution >= 4 is 42.3 Å². The highest BCUT2D eigenvalue weighted by Crippen LogP contribution is 2.22. The number of benzene rings is 1. The summed E-state index contributed by atoms with van der Waals surface area (Å²) in [4.78, 5) is 15.9. The van der Waals surface area contributed by atoms with Crippen LogP contribution < -0.4 is 11.1 Å². The number of nitrogens with zero attached hydrogens (tertiary/aromatic N) is 1. The van der Waals surface area contributed by atoms with Crippen molar-refractivity contribution in [3.8, 4) is 11.3 Å². The van der Waals surface area contributed by atoms with Crippen molar-refractivity contribution in [2.24, 2.45) is 5.73 Å². The summed E-state index contributed by atoms with van der Waals surface area (Å²) in [6.07, 6.45) is 2.42. The number of amides is 1. The number of hydrogen-bond donors (Lipinski definition) is 2. The molecule has 0 fully saturated rings. The Morgan fingerprint density at radius 3 is 2.50 bits per heavy atom. The van der Waals surface area contributed by atoms with Crippen LogP contribution in [0.1, 0.15) is 26.2 Å². The number of halogens is 3. The molecule has 0 aliphatic carbocycles. The van der Waals surface area contributed by atoms with E-state index in [-0.39, 0.29) is 30.7 Å². The molecular weight excluding hydrogens is 373 g/mol. The van der Waals surface area contributed by atoms with Gasteiger partial charge in [0.2, 0.25) is 5.91 Å². The Morgan fingerprint density at radius 1 is 1.29 bits per heavy atom. The number of hydrogen-bond acceptors (Lipinski definition) is 4. The summed E-state index contributed by atoms with van der Waals surface area (Å²) in [5.41, 5.74) is 6.30. The average Bonchev–Trinajstić information content (AvgIpc) is 2.92. The highest BCUT2D eigenvalue weighted by Gasteiger charge is 2.13. The number of carbonyl (C=O) groups is 1. The van der Waals surface area contributed by atoms with Gasteiger partial charge in [-0.15, -0.1) is 24.8 Å². The second-order valence-electron chi connectivity index (χ2n) is 5.89. The predicted molar refractivity (Wildman–Crippen MR) is 101 cm³/mol.